The molecule has 0 aliphatic carbocycles. The Labute approximate surface area is 145 Å². The Hall–Kier alpha value is -3.35. The number of furan rings is 1. The Morgan fingerprint density at radius 2 is 1.27 bits per heavy atom. The van der Waals surface area contributed by atoms with Crippen molar-refractivity contribution in [3.05, 3.63) is 72.5 Å². The molecule has 130 valence electrons. The third-order valence-electron chi connectivity index (χ3n) is 3.73. The van der Waals surface area contributed by atoms with Gasteiger partial charge in [-0.3, -0.25) is 0 Å². The zero-order valence-corrected chi connectivity index (χ0v) is 13.2. The van der Waals surface area contributed by atoms with E-state index in [9.17, 15) is 13.2 Å². The van der Waals surface area contributed by atoms with Gasteiger partial charge in [0.05, 0.1) is 0 Å². The van der Waals surface area contributed by atoms with Gasteiger partial charge in [-0.25, -0.2) is 0 Å². The summed E-state index contributed by atoms with van der Waals surface area (Å²) in [5, 5.41) is 7.69. The van der Waals surface area contributed by atoms with Crippen molar-refractivity contribution in [2.75, 3.05) is 0 Å². The lowest BCUT2D eigenvalue weighted by atomic mass is 10.1. The van der Waals surface area contributed by atoms with E-state index in [1.54, 1.807) is 54.6 Å². The predicted octanol–water partition coefficient (Wildman–Crippen LogP) is 5.68. The summed E-state index contributed by atoms with van der Waals surface area (Å²) in [4.78, 5) is 0. The number of alkyl halides is 3. The highest BCUT2D eigenvalue weighted by Crippen LogP contribution is 2.41. The van der Waals surface area contributed by atoms with Crippen molar-refractivity contribution in [2.24, 2.45) is 0 Å². The quantitative estimate of drug-likeness (QED) is 0.474. The van der Waals surface area contributed by atoms with Gasteiger partial charge in [-0.05, 0) is 23.8 Å². The Morgan fingerprint density at radius 3 is 1.88 bits per heavy atom. The number of aromatic nitrogens is 2. The molecular formula is C19H11F3N2O2. The van der Waals surface area contributed by atoms with Crippen molar-refractivity contribution in [3.8, 4) is 34.2 Å². The topological polar surface area (TPSA) is 52.1 Å². The fourth-order valence-corrected chi connectivity index (χ4v) is 2.56. The van der Waals surface area contributed by atoms with Crippen LogP contribution in [0.2, 0.25) is 0 Å². The number of nitrogens with zero attached hydrogens (tertiary/aromatic N) is 2. The summed E-state index contributed by atoms with van der Waals surface area (Å²) in [5.74, 6) is -1.15. The first-order valence-electron chi connectivity index (χ1n) is 7.68. The summed E-state index contributed by atoms with van der Waals surface area (Å²) < 4.78 is 50.7. The molecule has 0 atom stereocenters. The number of benzene rings is 2. The van der Waals surface area contributed by atoms with Gasteiger partial charge < -0.3 is 8.83 Å². The van der Waals surface area contributed by atoms with Crippen LogP contribution in [0.3, 0.4) is 0 Å². The van der Waals surface area contributed by atoms with Gasteiger partial charge >= 0.3 is 6.18 Å². The smallest absolute Gasteiger partial charge is 0.446 e. The van der Waals surface area contributed by atoms with Crippen LogP contribution in [0.5, 0.6) is 0 Å². The first kappa shape index (κ1) is 16.1. The third kappa shape index (κ3) is 2.99. The molecule has 0 fully saturated rings. The van der Waals surface area contributed by atoms with E-state index in [2.05, 4.69) is 10.2 Å². The number of halogens is 3. The molecule has 4 rings (SSSR count). The molecule has 4 aromatic rings. The monoisotopic (exact) mass is 356 g/mol. The number of hydrogen-bond acceptors (Lipinski definition) is 4. The lowest BCUT2D eigenvalue weighted by Crippen LogP contribution is -2.04. The van der Waals surface area contributed by atoms with Crippen molar-refractivity contribution >= 4 is 0 Å². The average Bonchev–Trinajstić information content (AvgIpc) is 3.30. The van der Waals surface area contributed by atoms with Gasteiger partial charge in [0.1, 0.15) is 0 Å². The molecule has 4 nitrogen and oxygen atoms in total. The normalized spacial score (nSPS) is 11.7. The summed E-state index contributed by atoms with van der Waals surface area (Å²) in [6, 6.07) is 18.4. The van der Waals surface area contributed by atoms with E-state index < -0.39 is 11.9 Å². The van der Waals surface area contributed by atoms with Crippen LogP contribution in [-0.4, -0.2) is 10.2 Å². The lowest BCUT2D eigenvalue weighted by molar-refractivity contribution is -0.152. The Kier molecular flexibility index (Phi) is 3.84. The van der Waals surface area contributed by atoms with Crippen molar-refractivity contribution in [3.63, 3.8) is 0 Å². The van der Waals surface area contributed by atoms with E-state index in [4.69, 9.17) is 8.83 Å². The molecule has 0 amide bonds. The Morgan fingerprint density at radius 1 is 0.692 bits per heavy atom. The summed E-state index contributed by atoms with van der Waals surface area (Å²) in [7, 11) is 0. The van der Waals surface area contributed by atoms with Gasteiger partial charge in [-0.1, -0.05) is 48.5 Å². The minimum atomic E-state index is -4.65. The van der Waals surface area contributed by atoms with Crippen molar-refractivity contribution in [1.82, 2.24) is 10.2 Å². The highest BCUT2D eigenvalue weighted by Gasteiger charge is 2.39. The standard InChI is InChI=1S/C19H11F3N2O2/c20-19(21,22)16-14(12-7-3-1-4-8-12)11-15(25-16)18-24-23-17(26-18)13-9-5-2-6-10-13/h1-11H. The molecule has 0 aliphatic heterocycles. The number of hydrogen-bond donors (Lipinski definition) is 0. The average molecular weight is 356 g/mol. The molecule has 26 heavy (non-hydrogen) atoms. The van der Waals surface area contributed by atoms with Crippen LogP contribution in [0, 0.1) is 0 Å². The third-order valence-corrected chi connectivity index (χ3v) is 3.73. The summed E-state index contributed by atoms with van der Waals surface area (Å²) in [6.45, 7) is 0. The van der Waals surface area contributed by atoms with E-state index in [0.29, 0.717) is 11.1 Å². The molecule has 2 heterocycles. The van der Waals surface area contributed by atoms with E-state index in [-0.39, 0.29) is 23.1 Å². The lowest BCUT2D eigenvalue weighted by Gasteiger charge is -2.05. The highest BCUT2D eigenvalue weighted by molar-refractivity contribution is 5.70. The molecule has 0 aliphatic rings. The second kappa shape index (κ2) is 6.18. The van der Waals surface area contributed by atoms with E-state index in [0.717, 1.165) is 0 Å². The van der Waals surface area contributed by atoms with E-state index >= 15 is 0 Å². The molecule has 0 spiro atoms. The summed E-state index contributed by atoms with van der Waals surface area (Å²) >= 11 is 0. The summed E-state index contributed by atoms with van der Waals surface area (Å²) in [6.07, 6.45) is -4.65. The van der Waals surface area contributed by atoms with Crippen LogP contribution in [0.1, 0.15) is 5.76 Å². The van der Waals surface area contributed by atoms with E-state index in [1.807, 2.05) is 6.07 Å². The van der Waals surface area contributed by atoms with E-state index in [1.165, 1.54) is 6.07 Å². The van der Waals surface area contributed by atoms with Gasteiger partial charge in [0.2, 0.25) is 11.7 Å². The second-order valence-corrected chi connectivity index (χ2v) is 5.50. The Balaban J connectivity index is 1.79. The summed E-state index contributed by atoms with van der Waals surface area (Å²) in [5.41, 5.74) is 0.974. The molecule has 0 saturated carbocycles. The van der Waals surface area contributed by atoms with Crippen molar-refractivity contribution in [1.29, 1.82) is 0 Å². The van der Waals surface area contributed by atoms with Gasteiger partial charge in [0.15, 0.2) is 5.76 Å². The van der Waals surface area contributed by atoms with Crippen molar-refractivity contribution < 1.29 is 22.0 Å². The molecule has 0 unspecified atom stereocenters. The molecule has 0 bridgehead atoms. The predicted molar refractivity (Wildman–Crippen MR) is 87.9 cm³/mol. The highest BCUT2D eigenvalue weighted by atomic mass is 19.4. The fourth-order valence-electron chi connectivity index (χ4n) is 2.56. The van der Waals surface area contributed by atoms with Gasteiger partial charge in [0, 0.05) is 11.1 Å². The molecular weight excluding hydrogens is 345 g/mol. The minimum Gasteiger partial charge on any atom is -0.446 e. The first-order valence-corrected chi connectivity index (χ1v) is 7.68. The van der Waals surface area contributed by atoms with Crippen LogP contribution in [0.15, 0.2) is 75.6 Å². The van der Waals surface area contributed by atoms with Crippen LogP contribution < -0.4 is 0 Å². The van der Waals surface area contributed by atoms with Crippen LogP contribution in [0.25, 0.3) is 34.2 Å². The Bertz CT molecular complexity index is 1020. The van der Waals surface area contributed by atoms with Crippen molar-refractivity contribution in [2.45, 2.75) is 6.18 Å². The SMILES string of the molecule is FC(F)(F)c1oc(-c2nnc(-c3ccccc3)o2)cc1-c1ccccc1. The number of rotatable bonds is 3. The zero-order valence-electron chi connectivity index (χ0n) is 13.2. The molecule has 2 aromatic heterocycles. The van der Waals surface area contributed by atoms with Crippen LogP contribution >= 0.6 is 0 Å². The molecule has 0 saturated heterocycles. The largest absolute Gasteiger partial charge is 0.450 e. The van der Waals surface area contributed by atoms with Gasteiger partial charge in [-0.15, -0.1) is 10.2 Å². The first-order chi connectivity index (χ1) is 12.5. The fraction of sp³-hybridized carbons (Fsp3) is 0.0526. The zero-order chi connectivity index (χ0) is 18.1. The molecule has 0 radical (unpaired) electrons. The minimum absolute atomic E-state index is 0.0763. The second-order valence-electron chi connectivity index (χ2n) is 5.50. The molecule has 7 heteroatoms. The van der Waals surface area contributed by atoms with Crippen LogP contribution in [0.4, 0.5) is 13.2 Å². The van der Waals surface area contributed by atoms with Gasteiger partial charge in [0.25, 0.3) is 5.89 Å². The maximum Gasteiger partial charge on any atom is 0.450 e. The maximum absolute atomic E-state index is 13.4. The van der Waals surface area contributed by atoms with Gasteiger partial charge in [-0.2, -0.15) is 13.2 Å². The maximum atomic E-state index is 13.4. The molecule has 2 aromatic carbocycles. The van der Waals surface area contributed by atoms with Crippen LogP contribution in [-0.2, 0) is 6.18 Å². The molecule has 0 N–H and O–H groups in total.